The second-order valence-electron chi connectivity index (χ2n) is 2.99. The topological polar surface area (TPSA) is 20.3 Å². The summed E-state index contributed by atoms with van der Waals surface area (Å²) >= 11 is 7.50. The van der Waals surface area contributed by atoms with Crippen molar-refractivity contribution in [2.24, 2.45) is 0 Å². The van der Waals surface area contributed by atoms with Gasteiger partial charge in [-0.15, -0.1) is 11.6 Å². The molecule has 0 aromatic rings. The van der Waals surface area contributed by atoms with Crippen LogP contribution in [0.5, 0.6) is 0 Å². The number of alkyl halides is 1. The van der Waals surface area contributed by atoms with Crippen molar-refractivity contribution in [3.05, 3.63) is 0 Å². The molecule has 4 heteroatoms. The van der Waals surface area contributed by atoms with E-state index in [9.17, 15) is 4.79 Å². The Morgan fingerprint density at radius 3 is 2.67 bits per heavy atom. The van der Waals surface area contributed by atoms with Crippen LogP contribution < -0.4 is 0 Å². The minimum Gasteiger partial charge on any atom is -0.342 e. The molecule has 1 fully saturated rings. The molecule has 0 spiro atoms. The lowest BCUT2D eigenvalue weighted by molar-refractivity contribution is -0.129. The standard InChI is InChI=1S/C8H14ClNOS/c1-12-6-8(11)10-4-2-7(9)3-5-10/h7H,2-6H2,1H3. The highest BCUT2D eigenvalue weighted by Crippen LogP contribution is 2.15. The van der Waals surface area contributed by atoms with Gasteiger partial charge in [0.05, 0.1) is 5.75 Å². The van der Waals surface area contributed by atoms with Crippen LogP contribution in [0, 0.1) is 0 Å². The van der Waals surface area contributed by atoms with Crippen LogP contribution >= 0.6 is 23.4 Å². The summed E-state index contributed by atoms with van der Waals surface area (Å²) in [6.07, 6.45) is 3.84. The molecule has 0 bridgehead atoms. The van der Waals surface area contributed by atoms with Crippen molar-refractivity contribution in [3.63, 3.8) is 0 Å². The fourth-order valence-corrected chi connectivity index (χ4v) is 1.94. The van der Waals surface area contributed by atoms with E-state index in [-0.39, 0.29) is 11.3 Å². The normalized spacial score (nSPS) is 19.7. The summed E-state index contributed by atoms with van der Waals surface area (Å²) in [4.78, 5) is 13.3. The van der Waals surface area contributed by atoms with Crippen LogP contribution in [0.2, 0.25) is 0 Å². The van der Waals surface area contributed by atoms with Gasteiger partial charge < -0.3 is 4.90 Å². The van der Waals surface area contributed by atoms with Crippen LogP contribution in [0.1, 0.15) is 12.8 Å². The summed E-state index contributed by atoms with van der Waals surface area (Å²) in [6, 6.07) is 0. The molecule has 0 radical (unpaired) electrons. The predicted octanol–water partition coefficient (Wildman–Crippen LogP) is 1.58. The Hall–Kier alpha value is 0.110. The number of piperidine rings is 1. The Morgan fingerprint density at radius 1 is 1.58 bits per heavy atom. The minimum atomic E-state index is 0.256. The molecule has 12 heavy (non-hydrogen) atoms. The summed E-state index contributed by atoms with van der Waals surface area (Å²) < 4.78 is 0. The van der Waals surface area contributed by atoms with Crippen molar-refractivity contribution >= 4 is 29.3 Å². The van der Waals surface area contributed by atoms with Crippen LogP contribution in [0.25, 0.3) is 0 Å². The molecule has 1 heterocycles. The Bertz CT molecular complexity index is 157. The maximum Gasteiger partial charge on any atom is 0.232 e. The van der Waals surface area contributed by atoms with Crippen LogP contribution in [0.15, 0.2) is 0 Å². The zero-order chi connectivity index (χ0) is 8.97. The third-order valence-electron chi connectivity index (χ3n) is 2.05. The molecule has 1 aliphatic heterocycles. The minimum absolute atomic E-state index is 0.256. The van der Waals surface area contributed by atoms with Gasteiger partial charge >= 0.3 is 0 Å². The molecule has 0 aromatic heterocycles. The molecule has 0 saturated carbocycles. The highest BCUT2D eigenvalue weighted by atomic mass is 35.5. The molecule has 1 aliphatic rings. The summed E-state index contributed by atoms with van der Waals surface area (Å²) in [5.41, 5.74) is 0. The number of thioether (sulfide) groups is 1. The molecule has 2 nitrogen and oxygen atoms in total. The van der Waals surface area contributed by atoms with Crippen LogP contribution in [0.4, 0.5) is 0 Å². The van der Waals surface area contributed by atoms with Gasteiger partial charge in [-0.2, -0.15) is 11.8 Å². The first kappa shape index (κ1) is 10.2. The molecule has 70 valence electrons. The van der Waals surface area contributed by atoms with Gasteiger partial charge in [-0.25, -0.2) is 0 Å². The third-order valence-corrected chi connectivity index (χ3v) is 3.02. The Balaban J connectivity index is 2.29. The second-order valence-corrected chi connectivity index (χ2v) is 4.47. The van der Waals surface area contributed by atoms with Crippen LogP contribution in [-0.4, -0.2) is 41.3 Å². The number of carbonyl (C=O) groups is 1. The van der Waals surface area contributed by atoms with E-state index in [4.69, 9.17) is 11.6 Å². The monoisotopic (exact) mass is 207 g/mol. The zero-order valence-electron chi connectivity index (χ0n) is 7.25. The third kappa shape index (κ3) is 2.87. The van der Waals surface area contributed by atoms with Crippen molar-refractivity contribution in [2.75, 3.05) is 25.1 Å². The maximum atomic E-state index is 11.4. The van der Waals surface area contributed by atoms with Gasteiger partial charge in [0, 0.05) is 18.5 Å². The summed E-state index contributed by atoms with van der Waals surface area (Å²) in [5.74, 6) is 0.860. The Kier molecular flexibility index (Phi) is 4.22. The van der Waals surface area contributed by atoms with E-state index in [0.717, 1.165) is 25.9 Å². The highest BCUT2D eigenvalue weighted by Gasteiger charge is 2.20. The largest absolute Gasteiger partial charge is 0.342 e. The highest BCUT2D eigenvalue weighted by molar-refractivity contribution is 7.99. The van der Waals surface area contributed by atoms with Crippen LogP contribution in [0.3, 0.4) is 0 Å². The van der Waals surface area contributed by atoms with Crippen molar-refractivity contribution in [1.82, 2.24) is 4.90 Å². The van der Waals surface area contributed by atoms with E-state index in [0.29, 0.717) is 5.75 Å². The molecule has 0 atom stereocenters. The van der Waals surface area contributed by atoms with Gasteiger partial charge in [-0.05, 0) is 19.1 Å². The van der Waals surface area contributed by atoms with Crippen molar-refractivity contribution in [3.8, 4) is 0 Å². The number of hydrogen-bond acceptors (Lipinski definition) is 2. The second kappa shape index (κ2) is 4.97. The van der Waals surface area contributed by atoms with Crippen molar-refractivity contribution < 1.29 is 4.79 Å². The lowest BCUT2D eigenvalue weighted by atomic mass is 10.1. The van der Waals surface area contributed by atoms with Crippen molar-refractivity contribution in [2.45, 2.75) is 18.2 Å². The SMILES string of the molecule is CSCC(=O)N1CCC(Cl)CC1. The molecule has 0 N–H and O–H groups in total. The van der Waals surface area contributed by atoms with E-state index in [1.54, 1.807) is 11.8 Å². The smallest absolute Gasteiger partial charge is 0.232 e. The predicted molar refractivity (Wildman–Crippen MR) is 53.8 cm³/mol. The van der Waals surface area contributed by atoms with E-state index < -0.39 is 0 Å². The van der Waals surface area contributed by atoms with Gasteiger partial charge in [0.25, 0.3) is 0 Å². The number of rotatable bonds is 2. The van der Waals surface area contributed by atoms with Crippen LogP contribution in [-0.2, 0) is 4.79 Å². The average Bonchev–Trinajstić information content (AvgIpc) is 2.06. The van der Waals surface area contributed by atoms with Gasteiger partial charge in [0.2, 0.25) is 5.91 Å². The molecule has 0 aliphatic carbocycles. The first-order valence-corrected chi connectivity index (χ1v) is 5.98. The Morgan fingerprint density at radius 2 is 2.17 bits per heavy atom. The maximum absolute atomic E-state index is 11.4. The number of carbonyl (C=O) groups excluding carboxylic acids is 1. The molecule has 0 unspecified atom stereocenters. The van der Waals surface area contributed by atoms with Crippen molar-refractivity contribution in [1.29, 1.82) is 0 Å². The number of amides is 1. The lowest BCUT2D eigenvalue weighted by Crippen LogP contribution is -2.39. The summed E-state index contributed by atoms with van der Waals surface area (Å²) in [7, 11) is 0. The van der Waals surface area contributed by atoms with E-state index in [1.165, 1.54) is 0 Å². The molecule has 1 rings (SSSR count). The van der Waals surface area contributed by atoms with E-state index in [1.807, 2.05) is 11.2 Å². The summed E-state index contributed by atoms with van der Waals surface area (Å²) in [5, 5.41) is 0.281. The quantitative estimate of drug-likeness (QED) is 0.641. The molecular formula is C8H14ClNOS. The first-order chi connectivity index (χ1) is 5.74. The summed E-state index contributed by atoms with van der Waals surface area (Å²) in [6.45, 7) is 1.68. The number of hydrogen-bond donors (Lipinski definition) is 0. The number of likely N-dealkylation sites (tertiary alicyclic amines) is 1. The van der Waals surface area contributed by atoms with Gasteiger partial charge in [0.15, 0.2) is 0 Å². The van der Waals surface area contributed by atoms with E-state index >= 15 is 0 Å². The fourth-order valence-electron chi connectivity index (χ4n) is 1.31. The fraction of sp³-hybridized carbons (Fsp3) is 0.875. The van der Waals surface area contributed by atoms with Gasteiger partial charge in [-0.3, -0.25) is 4.79 Å². The van der Waals surface area contributed by atoms with Gasteiger partial charge in [-0.1, -0.05) is 0 Å². The van der Waals surface area contributed by atoms with E-state index in [2.05, 4.69) is 0 Å². The average molecular weight is 208 g/mol. The first-order valence-electron chi connectivity index (χ1n) is 4.15. The molecule has 0 aromatic carbocycles. The lowest BCUT2D eigenvalue weighted by Gasteiger charge is -2.29. The number of halogens is 1. The zero-order valence-corrected chi connectivity index (χ0v) is 8.83. The molecule has 1 amide bonds. The number of nitrogens with zero attached hydrogens (tertiary/aromatic N) is 1. The van der Waals surface area contributed by atoms with Gasteiger partial charge in [0.1, 0.15) is 0 Å². The Labute approximate surface area is 82.6 Å². The molecule has 1 saturated heterocycles. The molecular weight excluding hydrogens is 194 g/mol.